The third kappa shape index (κ3) is 7.68. The highest BCUT2D eigenvalue weighted by molar-refractivity contribution is 7.91. The molecule has 5 aromatic rings. The summed E-state index contributed by atoms with van der Waals surface area (Å²) in [4.78, 5) is 17.2. The molecule has 41 heavy (non-hydrogen) atoms. The van der Waals surface area contributed by atoms with E-state index in [4.69, 9.17) is 0 Å². The van der Waals surface area contributed by atoms with Gasteiger partial charge in [-0.25, -0.2) is 13.4 Å². The minimum atomic E-state index is -3.67. The first kappa shape index (κ1) is 28.3. The van der Waals surface area contributed by atoms with Crippen LogP contribution in [0.15, 0.2) is 120 Å². The van der Waals surface area contributed by atoms with Gasteiger partial charge in [0.15, 0.2) is 15.0 Å². The molecular weight excluding hydrogens is 553 g/mol. The highest BCUT2D eigenvalue weighted by Crippen LogP contribution is 2.31. The second kappa shape index (κ2) is 12.9. The Balaban J connectivity index is 1.20. The molecule has 0 saturated carbocycles. The number of nitrogens with zero attached hydrogens (tertiary/aromatic N) is 1. The molecule has 1 atom stereocenters. The molecule has 0 amide bonds. The van der Waals surface area contributed by atoms with Crippen molar-refractivity contribution in [1.82, 2.24) is 4.98 Å². The van der Waals surface area contributed by atoms with Crippen molar-refractivity contribution in [3.05, 3.63) is 132 Å². The number of aryl methyl sites for hydroxylation is 2. The fourth-order valence-electron chi connectivity index (χ4n) is 4.72. The Morgan fingerprint density at radius 2 is 1.51 bits per heavy atom. The number of thiazole rings is 1. The zero-order chi connectivity index (χ0) is 28.7. The number of aliphatic carboxylic acids is 1. The second-order valence-corrected chi connectivity index (χ2v) is 12.9. The minimum absolute atomic E-state index is 0.206. The van der Waals surface area contributed by atoms with Crippen molar-refractivity contribution in [2.75, 3.05) is 11.1 Å². The maximum absolute atomic E-state index is 13.2. The fourth-order valence-corrected chi connectivity index (χ4v) is 7.14. The van der Waals surface area contributed by atoms with Crippen LogP contribution >= 0.6 is 11.3 Å². The molecule has 6 nitrogen and oxygen atoms in total. The maximum atomic E-state index is 13.2. The summed E-state index contributed by atoms with van der Waals surface area (Å²) in [7, 11) is -3.67. The van der Waals surface area contributed by atoms with E-state index in [-0.39, 0.29) is 17.1 Å². The molecule has 5 rings (SSSR count). The summed E-state index contributed by atoms with van der Waals surface area (Å²) in [6.45, 7) is 0. The highest BCUT2D eigenvalue weighted by atomic mass is 32.2. The average molecular weight is 583 g/mol. The normalized spacial score (nSPS) is 12.1. The van der Waals surface area contributed by atoms with Gasteiger partial charge in [-0.05, 0) is 59.4 Å². The molecular formula is C33H30N2O4S2. The lowest BCUT2D eigenvalue weighted by atomic mass is 9.98. The van der Waals surface area contributed by atoms with Crippen LogP contribution in [0.3, 0.4) is 0 Å². The number of rotatable bonds is 12. The number of carboxylic acids is 1. The maximum Gasteiger partial charge on any atom is 0.303 e. The van der Waals surface area contributed by atoms with Crippen molar-refractivity contribution >= 4 is 38.0 Å². The first-order chi connectivity index (χ1) is 19.9. The molecule has 1 unspecified atom stereocenters. The molecule has 8 heteroatoms. The average Bonchev–Trinajstić information content (AvgIpc) is 3.45. The summed E-state index contributed by atoms with van der Waals surface area (Å²) in [5.74, 6) is -1.89. The summed E-state index contributed by atoms with van der Waals surface area (Å²) in [5, 5.41) is 13.6. The topological polar surface area (TPSA) is 96.4 Å². The van der Waals surface area contributed by atoms with Gasteiger partial charge in [-0.15, -0.1) is 0 Å². The van der Waals surface area contributed by atoms with E-state index in [0.29, 0.717) is 5.56 Å². The molecule has 1 aromatic heterocycles. The Morgan fingerprint density at radius 3 is 2.22 bits per heavy atom. The molecule has 0 aliphatic carbocycles. The molecule has 4 aromatic carbocycles. The summed E-state index contributed by atoms with van der Waals surface area (Å²) in [6, 6.07) is 34.3. The zero-order valence-electron chi connectivity index (χ0n) is 22.3. The van der Waals surface area contributed by atoms with Gasteiger partial charge in [0.1, 0.15) is 0 Å². The summed E-state index contributed by atoms with van der Waals surface area (Å²) >= 11 is 1.60. The number of aromatic nitrogens is 1. The number of carbonyl (C=O) groups is 1. The smallest absolute Gasteiger partial charge is 0.303 e. The summed E-state index contributed by atoms with van der Waals surface area (Å²) < 4.78 is 26.3. The van der Waals surface area contributed by atoms with Crippen molar-refractivity contribution < 1.29 is 18.3 Å². The van der Waals surface area contributed by atoms with Crippen LogP contribution in [0.25, 0.3) is 10.4 Å². The van der Waals surface area contributed by atoms with Crippen LogP contribution in [-0.2, 0) is 27.5 Å². The fraction of sp³-hybridized carbons (Fsp3) is 0.152. The van der Waals surface area contributed by atoms with Gasteiger partial charge in [-0.2, -0.15) is 0 Å². The van der Waals surface area contributed by atoms with E-state index in [0.717, 1.165) is 45.2 Å². The van der Waals surface area contributed by atoms with Crippen LogP contribution in [0.5, 0.6) is 0 Å². The van der Waals surface area contributed by atoms with Crippen LogP contribution in [0.2, 0.25) is 0 Å². The van der Waals surface area contributed by atoms with E-state index < -0.39 is 21.7 Å². The van der Waals surface area contributed by atoms with E-state index >= 15 is 0 Å². The van der Waals surface area contributed by atoms with E-state index in [1.54, 1.807) is 47.7 Å². The van der Waals surface area contributed by atoms with E-state index in [2.05, 4.69) is 34.6 Å². The number of nitrogens with one attached hydrogen (secondary N) is 1. The Kier molecular flexibility index (Phi) is 8.91. The number of benzene rings is 4. The lowest BCUT2D eigenvalue weighted by Gasteiger charge is -2.16. The van der Waals surface area contributed by atoms with Crippen LogP contribution in [0.4, 0.5) is 10.8 Å². The zero-order valence-corrected chi connectivity index (χ0v) is 23.9. The van der Waals surface area contributed by atoms with Crippen LogP contribution in [0, 0.1) is 0 Å². The second-order valence-electron chi connectivity index (χ2n) is 9.85. The monoisotopic (exact) mass is 582 g/mol. The van der Waals surface area contributed by atoms with Crippen molar-refractivity contribution in [3.8, 4) is 10.4 Å². The molecule has 0 fully saturated rings. The Morgan fingerprint density at radius 1 is 0.829 bits per heavy atom. The molecule has 0 bridgehead atoms. The van der Waals surface area contributed by atoms with Gasteiger partial charge in [0.2, 0.25) is 0 Å². The number of hydrogen-bond donors (Lipinski definition) is 2. The molecule has 0 aliphatic rings. The van der Waals surface area contributed by atoms with Crippen LogP contribution < -0.4 is 5.32 Å². The first-order valence-corrected chi connectivity index (χ1v) is 15.8. The standard InChI is InChI=1S/C33H30N2O4S2/c36-32(37)21-28(26-9-3-1-4-10-26)23-41(38,39)30-18-16-24(17-19-30)14-15-25-8-7-13-29(20-25)35-33-34-22-31(40-33)27-11-5-2-6-12-27/h1-13,16-20,22,28H,14-15,21,23H2,(H,34,35)(H,36,37). The third-order valence-corrected chi connectivity index (χ3v) is 9.63. The molecule has 1 heterocycles. The Bertz CT molecular complexity index is 1700. The Labute approximate surface area is 244 Å². The van der Waals surface area contributed by atoms with Gasteiger partial charge in [0.25, 0.3) is 0 Å². The molecule has 0 radical (unpaired) electrons. The van der Waals surface area contributed by atoms with Crippen molar-refractivity contribution in [2.45, 2.75) is 30.1 Å². The van der Waals surface area contributed by atoms with E-state index in [1.807, 2.05) is 54.7 Å². The van der Waals surface area contributed by atoms with Crippen molar-refractivity contribution in [1.29, 1.82) is 0 Å². The van der Waals surface area contributed by atoms with Crippen molar-refractivity contribution in [3.63, 3.8) is 0 Å². The quantitative estimate of drug-likeness (QED) is 0.159. The van der Waals surface area contributed by atoms with Gasteiger partial charge in [-0.1, -0.05) is 96.3 Å². The molecule has 0 saturated heterocycles. The highest BCUT2D eigenvalue weighted by Gasteiger charge is 2.24. The van der Waals surface area contributed by atoms with E-state index in [9.17, 15) is 18.3 Å². The predicted octanol–water partition coefficient (Wildman–Crippen LogP) is 7.37. The molecule has 2 N–H and O–H groups in total. The van der Waals surface area contributed by atoms with Gasteiger partial charge >= 0.3 is 5.97 Å². The summed E-state index contributed by atoms with van der Waals surface area (Å²) in [5.41, 5.74) is 5.00. The SMILES string of the molecule is O=C(O)CC(CS(=O)(=O)c1ccc(CCc2cccc(Nc3ncc(-c4ccccc4)s3)c2)cc1)c1ccccc1. The minimum Gasteiger partial charge on any atom is -0.481 e. The van der Waals surface area contributed by atoms with Gasteiger partial charge in [0, 0.05) is 17.8 Å². The first-order valence-electron chi connectivity index (χ1n) is 13.3. The Hall–Kier alpha value is -4.27. The number of carboxylic acid groups (broad SMARTS) is 1. The molecule has 0 spiro atoms. The van der Waals surface area contributed by atoms with Crippen molar-refractivity contribution in [2.24, 2.45) is 0 Å². The lowest BCUT2D eigenvalue weighted by Crippen LogP contribution is -2.18. The molecule has 0 aliphatic heterocycles. The number of anilines is 2. The summed E-state index contributed by atoms with van der Waals surface area (Å²) in [6.07, 6.45) is 3.18. The number of sulfone groups is 1. The largest absolute Gasteiger partial charge is 0.481 e. The van der Waals surface area contributed by atoms with Gasteiger partial charge < -0.3 is 10.4 Å². The number of hydrogen-bond acceptors (Lipinski definition) is 6. The third-order valence-electron chi connectivity index (χ3n) is 6.84. The predicted molar refractivity (Wildman–Crippen MR) is 165 cm³/mol. The van der Waals surface area contributed by atoms with Crippen LogP contribution in [-0.4, -0.2) is 30.2 Å². The molecule has 208 valence electrons. The van der Waals surface area contributed by atoms with E-state index in [1.165, 1.54) is 0 Å². The van der Waals surface area contributed by atoms with Gasteiger partial charge in [0.05, 0.1) is 21.9 Å². The van der Waals surface area contributed by atoms with Crippen LogP contribution in [0.1, 0.15) is 29.0 Å². The van der Waals surface area contributed by atoms with Gasteiger partial charge in [-0.3, -0.25) is 4.79 Å². The lowest BCUT2D eigenvalue weighted by molar-refractivity contribution is -0.137.